The summed E-state index contributed by atoms with van der Waals surface area (Å²) in [6.07, 6.45) is 2.10. The van der Waals surface area contributed by atoms with Crippen molar-refractivity contribution in [3.8, 4) is 28.7 Å². The van der Waals surface area contributed by atoms with E-state index in [4.69, 9.17) is 9.47 Å². The van der Waals surface area contributed by atoms with E-state index in [1.807, 2.05) is 66.7 Å². The number of aryl methyl sites for hydroxylation is 1. The number of nitrogens with zero attached hydrogens (tertiary/aromatic N) is 2. The highest BCUT2D eigenvalue weighted by Gasteiger charge is 2.29. The van der Waals surface area contributed by atoms with E-state index in [2.05, 4.69) is 6.07 Å². The van der Waals surface area contributed by atoms with Crippen molar-refractivity contribution in [2.45, 2.75) is 32.3 Å². The molecule has 0 saturated carbocycles. The first-order chi connectivity index (χ1) is 22.3. The molecule has 4 aromatic rings. The molecule has 2 N–H and O–H groups in total. The third-order valence-electron chi connectivity index (χ3n) is 8.10. The zero-order valence-electron chi connectivity index (χ0n) is 25.2. The first-order valence-corrected chi connectivity index (χ1v) is 15.1. The van der Waals surface area contributed by atoms with Crippen LogP contribution < -0.4 is 9.47 Å². The van der Waals surface area contributed by atoms with E-state index in [0.717, 1.165) is 34.4 Å². The number of likely N-dealkylation sites (tertiary alicyclic amines) is 1. The number of carbonyl (C=O) groups is 3. The number of hydrogen-bond donors (Lipinski definition) is 2. The molecule has 0 atom stereocenters. The lowest BCUT2D eigenvalue weighted by Gasteiger charge is -2.30. The standard InChI is InChI=1S/C37H34N2O7/c38-23-30-5-1-2-6-32(30)27-11-7-26(8-12-27)24-46-31-14-9-25(10-15-31)4-3-21-45-34-16-13-29(37(43)44)22-33(34)35(40)39-19-17-28(18-20-39)36(41)42/h1-2,5-16,22,28H,3-4,17-21,24H2,(H,41,42)(H,43,44). The Balaban J connectivity index is 1.11. The number of piperidine rings is 1. The van der Waals surface area contributed by atoms with E-state index in [0.29, 0.717) is 43.8 Å². The number of carboxylic acids is 2. The van der Waals surface area contributed by atoms with Crippen molar-refractivity contribution in [1.29, 1.82) is 5.26 Å². The number of ether oxygens (including phenoxy) is 2. The zero-order valence-corrected chi connectivity index (χ0v) is 25.2. The molecule has 0 aliphatic carbocycles. The number of nitriles is 1. The van der Waals surface area contributed by atoms with Gasteiger partial charge in [0.05, 0.1) is 35.3 Å². The molecule has 1 aliphatic heterocycles. The quantitative estimate of drug-likeness (QED) is 0.173. The number of carboxylic acid groups (broad SMARTS) is 2. The Hall–Kier alpha value is -5.62. The third kappa shape index (κ3) is 7.90. The summed E-state index contributed by atoms with van der Waals surface area (Å²) < 4.78 is 11.9. The second-order valence-electron chi connectivity index (χ2n) is 11.2. The van der Waals surface area contributed by atoms with Gasteiger partial charge < -0.3 is 24.6 Å². The van der Waals surface area contributed by atoms with Gasteiger partial charge >= 0.3 is 11.9 Å². The van der Waals surface area contributed by atoms with Crippen LogP contribution in [-0.4, -0.2) is 52.7 Å². The highest BCUT2D eigenvalue weighted by molar-refractivity contribution is 6.00. The topological polar surface area (TPSA) is 137 Å². The minimum absolute atomic E-state index is 0.0168. The number of aromatic carboxylic acids is 1. The van der Waals surface area contributed by atoms with Crippen LogP contribution in [0.1, 0.15) is 56.7 Å². The summed E-state index contributed by atoms with van der Waals surface area (Å²) in [4.78, 5) is 37.7. The van der Waals surface area contributed by atoms with E-state index in [1.54, 1.807) is 11.0 Å². The first kappa shape index (κ1) is 31.8. The van der Waals surface area contributed by atoms with Gasteiger partial charge in [0.2, 0.25) is 0 Å². The molecular weight excluding hydrogens is 584 g/mol. The normalized spacial score (nSPS) is 13.1. The van der Waals surface area contributed by atoms with Crippen LogP contribution in [0.25, 0.3) is 11.1 Å². The van der Waals surface area contributed by atoms with E-state index >= 15 is 0 Å². The molecule has 4 aromatic carbocycles. The molecule has 46 heavy (non-hydrogen) atoms. The third-order valence-corrected chi connectivity index (χ3v) is 8.10. The van der Waals surface area contributed by atoms with Crippen molar-refractivity contribution in [2.75, 3.05) is 19.7 Å². The Kier molecular flexibility index (Phi) is 10.3. The van der Waals surface area contributed by atoms with Gasteiger partial charge in [-0.05, 0) is 84.3 Å². The molecule has 0 unspecified atom stereocenters. The van der Waals surface area contributed by atoms with Crippen LogP contribution in [-0.2, 0) is 17.8 Å². The van der Waals surface area contributed by atoms with Crippen molar-refractivity contribution in [1.82, 2.24) is 4.90 Å². The van der Waals surface area contributed by atoms with Crippen LogP contribution in [0.4, 0.5) is 0 Å². The van der Waals surface area contributed by atoms with Crippen LogP contribution in [0.3, 0.4) is 0 Å². The molecule has 1 amide bonds. The van der Waals surface area contributed by atoms with Crippen molar-refractivity contribution < 1.29 is 34.1 Å². The second-order valence-corrected chi connectivity index (χ2v) is 11.2. The number of rotatable bonds is 12. The maximum absolute atomic E-state index is 13.3. The Morgan fingerprint density at radius 1 is 0.848 bits per heavy atom. The summed E-state index contributed by atoms with van der Waals surface area (Å²) in [5.41, 5.74) is 4.77. The summed E-state index contributed by atoms with van der Waals surface area (Å²) in [5, 5.41) is 28.1. The Morgan fingerprint density at radius 2 is 1.54 bits per heavy atom. The highest BCUT2D eigenvalue weighted by Crippen LogP contribution is 2.27. The second kappa shape index (κ2) is 14.9. The van der Waals surface area contributed by atoms with Crippen LogP contribution >= 0.6 is 0 Å². The van der Waals surface area contributed by atoms with Crippen LogP contribution in [0.5, 0.6) is 11.5 Å². The lowest BCUT2D eigenvalue weighted by Crippen LogP contribution is -2.40. The molecule has 234 valence electrons. The summed E-state index contributed by atoms with van der Waals surface area (Å²) in [5.74, 6) is -1.81. The Morgan fingerprint density at radius 3 is 2.22 bits per heavy atom. The van der Waals surface area contributed by atoms with Crippen molar-refractivity contribution >= 4 is 17.8 Å². The lowest BCUT2D eigenvalue weighted by molar-refractivity contribution is -0.143. The number of benzene rings is 4. The molecule has 1 saturated heterocycles. The van der Waals surface area contributed by atoms with Gasteiger partial charge in [-0.25, -0.2) is 4.79 Å². The molecule has 0 radical (unpaired) electrons. The van der Waals surface area contributed by atoms with Gasteiger partial charge in [-0.3, -0.25) is 9.59 Å². The van der Waals surface area contributed by atoms with Gasteiger partial charge in [0.25, 0.3) is 5.91 Å². The Bertz CT molecular complexity index is 1740. The van der Waals surface area contributed by atoms with E-state index in [1.165, 1.54) is 18.2 Å². The lowest BCUT2D eigenvalue weighted by atomic mass is 9.96. The molecule has 1 aliphatic rings. The van der Waals surface area contributed by atoms with E-state index in [9.17, 15) is 29.9 Å². The summed E-state index contributed by atoms with van der Waals surface area (Å²) in [6.45, 7) is 1.31. The minimum Gasteiger partial charge on any atom is -0.493 e. The maximum Gasteiger partial charge on any atom is 0.335 e. The molecule has 1 heterocycles. The zero-order chi connectivity index (χ0) is 32.5. The molecule has 9 nitrogen and oxygen atoms in total. The average molecular weight is 619 g/mol. The van der Waals surface area contributed by atoms with E-state index in [-0.39, 0.29) is 30.1 Å². The number of carbonyl (C=O) groups excluding carboxylic acids is 1. The smallest absolute Gasteiger partial charge is 0.335 e. The van der Waals surface area contributed by atoms with Gasteiger partial charge in [0.1, 0.15) is 18.1 Å². The maximum atomic E-state index is 13.3. The molecule has 0 spiro atoms. The Labute approximate surface area is 267 Å². The number of aliphatic carboxylic acids is 1. The monoisotopic (exact) mass is 618 g/mol. The van der Waals surface area contributed by atoms with E-state index < -0.39 is 17.9 Å². The van der Waals surface area contributed by atoms with Crippen molar-refractivity contribution in [3.05, 3.63) is 119 Å². The van der Waals surface area contributed by atoms with Gasteiger partial charge in [-0.2, -0.15) is 5.26 Å². The minimum atomic E-state index is -1.14. The SMILES string of the molecule is N#Cc1ccccc1-c1ccc(COc2ccc(CCCOc3ccc(C(=O)O)cc3C(=O)N3CCC(C(=O)O)CC3)cc2)cc1. The van der Waals surface area contributed by atoms with Crippen LogP contribution in [0.15, 0.2) is 91.0 Å². The molecule has 0 aromatic heterocycles. The molecule has 5 rings (SSSR count). The van der Waals surface area contributed by atoms with Crippen molar-refractivity contribution in [3.63, 3.8) is 0 Å². The molecular formula is C37H34N2O7. The molecule has 9 heteroatoms. The summed E-state index contributed by atoms with van der Waals surface area (Å²) >= 11 is 0. The predicted molar refractivity (Wildman–Crippen MR) is 171 cm³/mol. The average Bonchev–Trinajstić information content (AvgIpc) is 3.09. The fourth-order valence-corrected chi connectivity index (χ4v) is 5.45. The molecule has 0 bridgehead atoms. The van der Waals surface area contributed by atoms with Gasteiger partial charge in [-0.15, -0.1) is 0 Å². The summed E-state index contributed by atoms with van der Waals surface area (Å²) in [7, 11) is 0. The van der Waals surface area contributed by atoms with Gasteiger partial charge in [0, 0.05) is 13.1 Å². The fourth-order valence-electron chi connectivity index (χ4n) is 5.45. The van der Waals surface area contributed by atoms with Crippen molar-refractivity contribution in [2.24, 2.45) is 5.92 Å². The van der Waals surface area contributed by atoms with Crippen LogP contribution in [0.2, 0.25) is 0 Å². The summed E-state index contributed by atoms with van der Waals surface area (Å²) in [6, 6.07) is 29.8. The van der Waals surface area contributed by atoms with Gasteiger partial charge in [-0.1, -0.05) is 54.6 Å². The first-order valence-electron chi connectivity index (χ1n) is 15.1. The number of amides is 1. The predicted octanol–water partition coefficient (Wildman–Crippen LogP) is 6.45. The van der Waals surface area contributed by atoms with Crippen LogP contribution in [0, 0.1) is 17.2 Å². The highest BCUT2D eigenvalue weighted by atomic mass is 16.5. The largest absolute Gasteiger partial charge is 0.493 e. The number of hydrogen-bond acceptors (Lipinski definition) is 6. The molecule has 1 fully saturated rings. The van der Waals surface area contributed by atoms with Gasteiger partial charge in [0.15, 0.2) is 0 Å². The fraction of sp³-hybridized carbons (Fsp3) is 0.243.